The van der Waals surface area contributed by atoms with E-state index >= 15 is 0 Å². The minimum absolute atomic E-state index is 0.00808. The normalized spacial score (nSPS) is 16.5. The number of Topliss-reactive ketones (excluding diaryl/α,β-unsaturated/α-hetero) is 1. The summed E-state index contributed by atoms with van der Waals surface area (Å²) in [7, 11) is 0. The molecule has 19 heavy (non-hydrogen) atoms. The summed E-state index contributed by atoms with van der Waals surface area (Å²) in [6, 6.07) is 9.05. The maximum Gasteiger partial charge on any atom is 0.141 e. The van der Waals surface area contributed by atoms with Crippen molar-refractivity contribution in [2.24, 2.45) is 16.7 Å². The summed E-state index contributed by atoms with van der Waals surface area (Å²) in [4.78, 5) is 12.8. The van der Waals surface area contributed by atoms with Crippen LogP contribution in [0.2, 0.25) is 0 Å². The van der Waals surface area contributed by atoms with E-state index in [1.165, 1.54) is 0 Å². The van der Waals surface area contributed by atoms with Crippen LogP contribution in [0.5, 0.6) is 0 Å². The van der Waals surface area contributed by atoms with Crippen molar-refractivity contribution in [3.8, 4) is 0 Å². The minimum atomic E-state index is -1.65. The molecule has 106 valence electrons. The van der Waals surface area contributed by atoms with Gasteiger partial charge in [0, 0.05) is 14.1 Å². The summed E-state index contributed by atoms with van der Waals surface area (Å²) in [6.07, 6.45) is -1.12. The number of hydrogen-bond donors (Lipinski definition) is 0. The van der Waals surface area contributed by atoms with Gasteiger partial charge in [-0.3, -0.25) is 4.79 Å². The van der Waals surface area contributed by atoms with E-state index < -0.39 is 17.7 Å². The molecule has 0 aliphatic heterocycles. The van der Waals surface area contributed by atoms with Gasteiger partial charge in [0.25, 0.3) is 0 Å². The lowest BCUT2D eigenvalue weighted by Crippen LogP contribution is -2.32. The first-order chi connectivity index (χ1) is 9.36. The van der Waals surface area contributed by atoms with Crippen LogP contribution in [0.25, 0.3) is 0 Å². The molecule has 0 aliphatic carbocycles. The van der Waals surface area contributed by atoms with Gasteiger partial charge in [-0.15, -0.1) is 0 Å². The van der Waals surface area contributed by atoms with Crippen LogP contribution < -0.4 is 0 Å². The van der Waals surface area contributed by atoms with Gasteiger partial charge in [0.15, 0.2) is 0 Å². The predicted octanol–water partition coefficient (Wildman–Crippen LogP) is 4.90. The van der Waals surface area contributed by atoms with Crippen molar-refractivity contribution in [1.29, 1.82) is 0 Å². The van der Waals surface area contributed by atoms with Gasteiger partial charge in [0.05, 0.1) is 0 Å². The van der Waals surface area contributed by atoms with Crippen LogP contribution in [0, 0.1) is 16.7 Å². The summed E-state index contributed by atoms with van der Waals surface area (Å²) < 4.78 is 17.1. The molecule has 1 aromatic carbocycles. The smallest absolute Gasteiger partial charge is 0.141 e. The van der Waals surface area contributed by atoms with E-state index in [0.717, 1.165) is 0 Å². The third kappa shape index (κ3) is 5.59. The second kappa shape index (κ2) is 5.90. The van der Waals surface area contributed by atoms with E-state index in [-0.39, 0.29) is 11.2 Å². The first-order valence-corrected chi connectivity index (χ1v) is 6.95. The standard InChI is InChI=1S/C18H28O/c1-17(2,3)13-15(16(19)18(4,5)6)12-14-10-8-7-9-11-14/h7-11,15H,12-13H2,1-6H3/t15-/m1/s1/i12D2. The maximum absolute atomic E-state index is 12.8. The van der Waals surface area contributed by atoms with Crippen LogP contribution in [0.4, 0.5) is 0 Å². The average Bonchev–Trinajstić information content (AvgIpc) is 2.34. The van der Waals surface area contributed by atoms with Crippen molar-refractivity contribution in [3.63, 3.8) is 0 Å². The van der Waals surface area contributed by atoms with Crippen LogP contribution in [-0.2, 0) is 11.2 Å². The van der Waals surface area contributed by atoms with E-state index in [1.54, 1.807) is 12.1 Å². The van der Waals surface area contributed by atoms with Crippen molar-refractivity contribution in [1.82, 2.24) is 0 Å². The van der Waals surface area contributed by atoms with Gasteiger partial charge in [-0.1, -0.05) is 71.9 Å². The van der Waals surface area contributed by atoms with Gasteiger partial charge in [-0.25, -0.2) is 0 Å². The molecule has 0 aliphatic rings. The number of carbonyl (C=O) groups is 1. The molecular formula is C18H28O. The molecule has 0 saturated carbocycles. The van der Waals surface area contributed by atoms with Crippen molar-refractivity contribution < 1.29 is 7.54 Å². The highest BCUT2D eigenvalue weighted by atomic mass is 16.1. The maximum atomic E-state index is 12.8. The summed E-state index contributed by atoms with van der Waals surface area (Å²) in [5.41, 5.74) is -0.0667. The second-order valence-corrected chi connectivity index (χ2v) is 7.44. The molecule has 0 N–H and O–H groups in total. The highest BCUT2D eigenvalue weighted by Gasteiger charge is 2.32. The Morgan fingerprint density at radius 1 is 1.11 bits per heavy atom. The Hall–Kier alpha value is -1.11. The number of ketones is 1. The molecule has 0 bridgehead atoms. The third-order valence-corrected chi connectivity index (χ3v) is 2.99. The highest BCUT2D eigenvalue weighted by molar-refractivity contribution is 5.86. The van der Waals surface area contributed by atoms with Gasteiger partial charge >= 0.3 is 0 Å². The topological polar surface area (TPSA) is 17.1 Å². The van der Waals surface area contributed by atoms with Gasteiger partial charge in [0.2, 0.25) is 0 Å². The van der Waals surface area contributed by atoms with Gasteiger partial charge in [0.1, 0.15) is 5.78 Å². The van der Waals surface area contributed by atoms with Crippen LogP contribution >= 0.6 is 0 Å². The van der Waals surface area contributed by atoms with Crippen LogP contribution in [-0.4, -0.2) is 5.78 Å². The molecule has 0 spiro atoms. The Balaban J connectivity index is 3.26. The zero-order chi connectivity index (χ0) is 16.5. The lowest BCUT2D eigenvalue weighted by Gasteiger charge is -2.30. The molecule has 0 heterocycles. The SMILES string of the molecule is [2H]C([2H])(c1ccccc1)[C@H](CC(C)(C)C)C(=O)C(C)(C)C. The van der Waals surface area contributed by atoms with E-state index in [0.29, 0.717) is 12.0 Å². The number of hydrogen-bond acceptors (Lipinski definition) is 1. The number of rotatable bonds is 4. The molecule has 1 nitrogen and oxygen atoms in total. The van der Waals surface area contributed by atoms with E-state index in [1.807, 2.05) is 39.0 Å². The van der Waals surface area contributed by atoms with Crippen molar-refractivity contribution in [2.75, 3.05) is 0 Å². The van der Waals surface area contributed by atoms with E-state index in [9.17, 15) is 4.79 Å². The molecule has 1 aromatic rings. The fourth-order valence-corrected chi connectivity index (χ4v) is 2.08. The lowest BCUT2D eigenvalue weighted by atomic mass is 9.73. The summed E-state index contributed by atoms with van der Waals surface area (Å²) >= 11 is 0. The quantitative estimate of drug-likeness (QED) is 0.754. The molecule has 0 fully saturated rings. The Kier molecular flexibility index (Phi) is 4.00. The molecule has 0 amide bonds. The summed E-state index contributed by atoms with van der Waals surface area (Å²) in [5.74, 6) is -0.647. The van der Waals surface area contributed by atoms with Crippen molar-refractivity contribution >= 4 is 5.78 Å². The largest absolute Gasteiger partial charge is 0.299 e. The van der Waals surface area contributed by atoms with E-state index in [2.05, 4.69) is 20.8 Å². The van der Waals surface area contributed by atoms with Crippen molar-refractivity contribution in [3.05, 3.63) is 35.9 Å². The molecule has 0 saturated heterocycles. The minimum Gasteiger partial charge on any atom is -0.299 e. The third-order valence-electron chi connectivity index (χ3n) is 2.99. The highest BCUT2D eigenvalue weighted by Crippen LogP contribution is 2.32. The average molecular weight is 262 g/mol. The van der Waals surface area contributed by atoms with Crippen LogP contribution in [0.3, 0.4) is 0 Å². The van der Waals surface area contributed by atoms with Gasteiger partial charge in [-0.05, 0) is 23.8 Å². The Morgan fingerprint density at radius 3 is 2.05 bits per heavy atom. The first kappa shape index (κ1) is 12.9. The Morgan fingerprint density at radius 2 is 1.63 bits per heavy atom. The Bertz CT molecular complexity index is 478. The Labute approximate surface area is 121 Å². The molecule has 1 rings (SSSR count). The first-order valence-electron chi connectivity index (χ1n) is 7.95. The molecule has 1 heteroatoms. The molecule has 0 radical (unpaired) electrons. The molecule has 0 aromatic heterocycles. The zero-order valence-electron chi connectivity index (χ0n) is 15.1. The lowest BCUT2D eigenvalue weighted by molar-refractivity contribution is -0.131. The predicted molar refractivity (Wildman–Crippen MR) is 82.2 cm³/mol. The van der Waals surface area contributed by atoms with Gasteiger partial charge in [-0.2, -0.15) is 0 Å². The van der Waals surface area contributed by atoms with E-state index in [4.69, 9.17) is 2.74 Å². The fraction of sp³-hybridized carbons (Fsp3) is 0.611. The number of carbonyl (C=O) groups excluding carboxylic acids is 1. The summed E-state index contributed by atoms with van der Waals surface area (Å²) in [5, 5.41) is 0. The zero-order valence-corrected chi connectivity index (χ0v) is 13.1. The number of benzene rings is 1. The van der Waals surface area contributed by atoms with Crippen LogP contribution in [0.15, 0.2) is 30.3 Å². The van der Waals surface area contributed by atoms with Gasteiger partial charge < -0.3 is 0 Å². The van der Waals surface area contributed by atoms with Crippen molar-refractivity contribution in [2.45, 2.75) is 54.3 Å². The van der Waals surface area contributed by atoms with Crippen LogP contribution in [0.1, 0.15) is 56.3 Å². The summed E-state index contributed by atoms with van der Waals surface area (Å²) in [6.45, 7) is 11.8. The monoisotopic (exact) mass is 262 g/mol. The molecule has 1 atom stereocenters. The second-order valence-electron chi connectivity index (χ2n) is 7.44. The molecular weight excluding hydrogens is 232 g/mol. The fourth-order valence-electron chi connectivity index (χ4n) is 2.08. The molecule has 0 unspecified atom stereocenters.